The molecule has 6 heteroatoms. The van der Waals surface area contributed by atoms with E-state index < -0.39 is 0 Å². The number of nitrogens with one attached hydrogen (secondary N) is 2. The number of carbonyl (C=O) groups excluding carboxylic acids is 1. The minimum Gasteiger partial charge on any atom is -0.356 e. The van der Waals surface area contributed by atoms with Gasteiger partial charge in [0, 0.05) is 44.1 Å². The Morgan fingerprint density at radius 3 is 2.48 bits per heavy atom. The van der Waals surface area contributed by atoms with E-state index in [9.17, 15) is 9.18 Å². The number of benzene rings is 1. The monoisotopic (exact) mass is 404 g/mol. The summed E-state index contributed by atoms with van der Waals surface area (Å²) in [5.41, 5.74) is 0.721. The van der Waals surface area contributed by atoms with Crippen molar-refractivity contribution in [3.8, 4) is 0 Å². The third-order valence-corrected chi connectivity index (χ3v) is 6.01. The molecule has 0 unspecified atom stereocenters. The van der Waals surface area contributed by atoms with E-state index in [1.54, 1.807) is 19.2 Å². The molecule has 0 saturated carbocycles. The summed E-state index contributed by atoms with van der Waals surface area (Å²) in [5.74, 6) is 0.985. The lowest BCUT2D eigenvalue weighted by atomic mass is 9.84. The molecule has 0 spiro atoms. The number of amides is 1. The van der Waals surface area contributed by atoms with Gasteiger partial charge in [0.15, 0.2) is 5.96 Å². The molecule has 1 aromatic carbocycles. The standard InChI is InChI=1S/C23H37FN4O/c1-6-17(7-2)21(29)28-13-11-20(12-14-28)27-22(25-5)26-16-23(3,4)18-9-8-10-19(24)15-18/h8-10,15,17,20H,6-7,11-14,16H2,1-5H3,(H2,25,26,27). The molecule has 1 saturated heterocycles. The Bertz CT molecular complexity index is 692. The van der Waals surface area contributed by atoms with Crippen LogP contribution < -0.4 is 10.6 Å². The highest BCUT2D eigenvalue weighted by Crippen LogP contribution is 2.23. The fourth-order valence-electron chi connectivity index (χ4n) is 3.84. The lowest BCUT2D eigenvalue weighted by Gasteiger charge is -2.35. The molecule has 162 valence electrons. The molecule has 1 aliphatic heterocycles. The van der Waals surface area contributed by atoms with E-state index in [1.165, 1.54) is 6.07 Å². The molecular formula is C23H37FN4O. The van der Waals surface area contributed by atoms with Crippen LogP contribution in [0.15, 0.2) is 29.3 Å². The zero-order valence-corrected chi connectivity index (χ0v) is 18.6. The predicted octanol–water partition coefficient (Wildman–Crippen LogP) is 3.70. The number of aliphatic imine (C=N–C) groups is 1. The van der Waals surface area contributed by atoms with Crippen molar-refractivity contribution in [2.75, 3.05) is 26.7 Å². The van der Waals surface area contributed by atoms with Crippen LogP contribution in [-0.4, -0.2) is 49.5 Å². The molecule has 2 N–H and O–H groups in total. The first-order valence-electron chi connectivity index (χ1n) is 10.8. The summed E-state index contributed by atoms with van der Waals surface area (Å²) in [6, 6.07) is 7.05. The van der Waals surface area contributed by atoms with Crippen LogP contribution in [0.2, 0.25) is 0 Å². The first-order valence-corrected chi connectivity index (χ1v) is 10.8. The van der Waals surface area contributed by atoms with Crippen molar-refractivity contribution in [2.45, 2.75) is 64.8 Å². The largest absolute Gasteiger partial charge is 0.356 e. The Morgan fingerprint density at radius 1 is 1.28 bits per heavy atom. The van der Waals surface area contributed by atoms with E-state index in [1.807, 2.05) is 11.0 Å². The molecule has 1 heterocycles. The molecule has 29 heavy (non-hydrogen) atoms. The molecule has 0 aromatic heterocycles. The number of carbonyl (C=O) groups is 1. The van der Waals surface area contributed by atoms with Gasteiger partial charge in [0.1, 0.15) is 5.82 Å². The van der Waals surface area contributed by atoms with Crippen molar-refractivity contribution >= 4 is 11.9 Å². The number of likely N-dealkylation sites (tertiary alicyclic amines) is 1. The van der Waals surface area contributed by atoms with Gasteiger partial charge < -0.3 is 15.5 Å². The maximum Gasteiger partial charge on any atom is 0.225 e. The van der Waals surface area contributed by atoms with Crippen LogP contribution >= 0.6 is 0 Å². The second-order valence-electron chi connectivity index (χ2n) is 8.58. The Labute approximate surface area is 175 Å². The zero-order chi connectivity index (χ0) is 21.4. The quantitative estimate of drug-likeness (QED) is 0.538. The van der Waals surface area contributed by atoms with Crippen LogP contribution in [0.4, 0.5) is 4.39 Å². The Kier molecular flexibility index (Phi) is 8.47. The summed E-state index contributed by atoms with van der Waals surface area (Å²) in [4.78, 5) is 18.9. The lowest BCUT2D eigenvalue weighted by Crippen LogP contribution is -2.51. The smallest absolute Gasteiger partial charge is 0.225 e. The number of hydrogen-bond acceptors (Lipinski definition) is 2. The van der Waals surface area contributed by atoms with Gasteiger partial charge in [-0.25, -0.2) is 4.39 Å². The van der Waals surface area contributed by atoms with Gasteiger partial charge in [-0.1, -0.05) is 39.8 Å². The third-order valence-electron chi connectivity index (χ3n) is 6.01. The van der Waals surface area contributed by atoms with Gasteiger partial charge in [0.05, 0.1) is 0 Å². The summed E-state index contributed by atoms with van der Waals surface area (Å²) in [6.07, 6.45) is 3.65. The van der Waals surface area contributed by atoms with Crippen LogP contribution in [0.3, 0.4) is 0 Å². The molecule has 0 aliphatic carbocycles. The lowest BCUT2D eigenvalue weighted by molar-refractivity contribution is -0.136. The van der Waals surface area contributed by atoms with Crippen LogP contribution in [-0.2, 0) is 10.2 Å². The first kappa shape index (κ1) is 23.2. The number of halogens is 1. The Hall–Kier alpha value is -2.11. The van der Waals surface area contributed by atoms with E-state index in [4.69, 9.17) is 0 Å². The van der Waals surface area contributed by atoms with Crippen molar-refractivity contribution in [1.29, 1.82) is 0 Å². The number of nitrogens with zero attached hydrogens (tertiary/aromatic N) is 2. The summed E-state index contributed by atoms with van der Waals surface area (Å²) < 4.78 is 13.6. The van der Waals surface area contributed by atoms with Crippen LogP contribution in [0.1, 0.15) is 58.9 Å². The molecular weight excluding hydrogens is 367 g/mol. The highest BCUT2D eigenvalue weighted by atomic mass is 19.1. The molecule has 1 aliphatic rings. The van der Waals surface area contributed by atoms with Gasteiger partial charge >= 0.3 is 0 Å². The number of hydrogen-bond donors (Lipinski definition) is 2. The zero-order valence-electron chi connectivity index (χ0n) is 18.6. The van der Waals surface area contributed by atoms with Crippen LogP contribution in [0, 0.1) is 11.7 Å². The predicted molar refractivity (Wildman–Crippen MR) is 118 cm³/mol. The SMILES string of the molecule is CCC(CC)C(=O)N1CCC(NC(=NC)NCC(C)(C)c2cccc(F)c2)CC1. The van der Waals surface area contributed by atoms with E-state index in [-0.39, 0.29) is 17.2 Å². The fourth-order valence-corrected chi connectivity index (χ4v) is 3.84. The first-order chi connectivity index (χ1) is 13.8. The summed E-state index contributed by atoms with van der Waals surface area (Å²) in [7, 11) is 1.76. The van der Waals surface area contributed by atoms with Gasteiger partial charge in [-0.05, 0) is 43.4 Å². The van der Waals surface area contributed by atoms with Gasteiger partial charge in [-0.2, -0.15) is 0 Å². The van der Waals surface area contributed by atoms with Gasteiger partial charge in [0.25, 0.3) is 0 Å². The molecule has 0 bridgehead atoms. The Morgan fingerprint density at radius 2 is 1.93 bits per heavy atom. The van der Waals surface area contributed by atoms with E-state index in [2.05, 4.69) is 43.3 Å². The van der Waals surface area contributed by atoms with Gasteiger partial charge in [-0.3, -0.25) is 9.79 Å². The molecule has 0 radical (unpaired) electrons. The van der Waals surface area contributed by atoms with E-state index >= 15 is 0 Å². The van der Waals surface area contributed by atoms with Crippen molar-refractivity contribution in [3.05, 3.63) is 35.6 Å². The second kappa shape index (κ2) is 10.6. The van der Waals surface area contributed by atoms with Gasteiger partial charge in [0.2, 0.25) is 5.91 Å². The topological polar surface area (TPSA) is 56.7 Å². The average Bonchev–Trinajstić information content (AvgIpc) is 2.72. The average molecular weight is 405 g/mol. The maximum atomic E-state index is 13.6. The van der Waals surface area contributed by atoms with Crippen LogP contribution in [0.25, 0.3) is 0 Å². The molecule has 5 nitrogen and oxygen atoms in total. The highest BCUT2D eigenvalue weighted by Gasteiger charge is 2.27. The van der Waals surface area contributed by atoms with Crippen molar-refractivity contribution < 1.29 is 9.18 Å². The molecule has 1 fully saturated rings. The van der Waals surface area contributed by atoms with E-state index in [0.717, 1.165) is 50.3 Å². The van der Waals surface area contributed by atoms with Crippen molar-refractivity contribution in [1.82, 2.24) is 15.5 Å². The number of guanidine groups is 1. The summed E-state index contributed by atoms with van der Waals surface area (Å²) in [6.45, 7) is 10.6. The van der Waals surface area contributed by atoms with E-state index in [0.29, 0.717) is 18.5 Å². The minimum atomic E-state index is -0.231. The fraction of sp³-hybridized carbons (Fsp3) is 0.652. The van der Waals surface area contributed by atoms with Gasteiger partial charge in [-0.15, -0.1) is 0 Å². The van der Waals surface area contributed by atoms with Crippen molar-refractivity contribution in [3.63, 3.8) is 0 Å². The Balaban J connectivity index is 1.84. The summed E-state index contributed by atoms with van der Waals surface area (Å²) in [5, 5.41) is 6.87. The van der Waals surface area contributed by atoms with Crippen LogP contribution in [0.5, 0.6) is 0 Å². The molecule has 0 atom stereocenters. The third kappa shape index (κ3) is 6.44. The molecule has 1 amide bonds. The minimum absolute atomic E-state index is 0.152. The second-order valence-corrected chi connectivity index (χ2v) is 8.58. The maximum absolute atomic E-state index is 13.6. The molecule has 2 rings (SSSR count). The number of piperidine rings is 1. The normalized spacial score (nSPS) is 16.2. The van der Waals surface area contributed by atoms with Crippen molar-refractivity contribution in [2.24, 2.45) is 10.9 Å². The summed E-state index contributed by atoms with van der Waals surface area (Å²) >= 11 is 0. The number of rotatable bonds is 7. The highest BCUT2D eigenvalue weighted by molar-refractivity contribution is 5.80. The molecule has 1 aromatic rings.